The minimum Gasteiger partial charge on any atom is -0.494 e. The van der Waals surface area contributed by atoms with Crippen LogP contribution in [-0.2, 0) is 17.8 Å². The minimum absolute atomic E-state index is 0.0799. The number of hydrogen-bond donors (Lipinski definition) is 1. The lowest BCUT2D eigenvalue weighted by molar-refractivity contribution is -0.129. The van der Waals surface area contributed by atoms with Gasteiger partial charge < -0.3 is 15.0 Å². The fraction of sp³-hybridized carbons (Fsp3) is 0.364. The van der Waals surface area contributed by atoms with E-state index in [2.05, 4.69) is 12.2 Å². The minimum atomic E-state index is -0.158. The molecule has 0 radical (unpaired) electrons. The number of unbranched alkanes of at least 4 members (excludes halogenated alkanes) is 1. The number of nitrogens with zero attached hydrogens (tertiary/aromatic N) is 1. The van der Waals surface area contributed by atoms with Crippen LogP contribution in [0, 0.1) is 0 Å². The SMILES string of the molecule is CCCCOc1ccc(C(=O)Nc2ccc3c(c2)CN(C(C)=O)CC3)cc1. The van der Waals surface area contributed by atoms with Gasteiger partial charge in [-0.1, -0.05) is 19.4 Å². The van der Waals surface area contributed by atoms with Gasteiger partial charge in [-0.05, 0) is 60.4 Å². The normalized spacial score (nSPS) is 13.0. The van der Waals surface area contributed by atoms with E-state index in [9.17, 15) is 9.59 Å². The molecule has 2 amide bonds. The highest BCUT2D eigenvalue weighted by Gasteiger charge is 2.18. The van der Waals surface area contributed by atoms with E-state index in [1.165, 1.54) is 5.56 Å². The number of amides is 2. The molecule has 0 aromatic heterocycles. The molecule has 0 fully saturated rings. The van der Waals surface area contributed by atoms with Crippen molar-refractivity contribution in [3.8, 4) is 5.75 Å². The van der Waals surface area contributed by atoms with Crippen molar-refractivity contribution >= 4 is 17.5 Å². The molecule has 1 aliphatic rings. The number of benzene rings is 2. The number of ether oxygens (including phenoxy) is 1. The Labute approximate surface area is 160 Å². The third kappa shape index (κ3) is 4.88. The summed E-state index contributed by atoms with van der Waals surface area (Å²) < 4.78 is 5.63. The van der Waals surface area contributed by atoms with Crippen LogP contribution in [0.1, 0.15) is 48.2 Å². The Kier molecular flexibility index (Phi) is 6.12. The van der Waals surface area contributed by atoms with E-state index in [0.717, 1.165) is 42.8 Å². The number of hydrogen-bond acceptors (Lipinski definition) is 3. The van der Waals surface area contributed by atoms with E-state index in [1.54, 1.807) is 19.1 Å². The van der Waals surface area contributed by atoms with Gasteiger partial charge in [0.2, 0.25) is 5.91 Å². The third-order valence-electron chi connectivity index (χ3n) is 4.80. The summed E-state index contributed by atoms with van der Waals surface area (Å²) >= 11 is 0. The average molecular weight is 366 g/mol. The van der Waals surface area contributed by atoms with Gasteiger partial charge in [0.15, 0.2) is 0 Å². The Bertz CT molecular complexity index is 815. The van der Waals surface area contributed by atoms with Crippen LogP contribution in [0.2, 0.25) is 0 Å². The second-order valence-corrected chi connectivity index (χ2v) is 6.85. The zero-order valence-electron chi connectivity index (χ0n) is 16.0. The fourth-order valence-electron chi connectivity index (χ4n) is 3.14. The summed E-state index contributed by atoms with van der Waals surface area (Å²) in [5, 5.41) is 2.94. The second-order valence-electron chi connectivity index (χ2n) is 6.85. The molecule has 2 aromatic carbocycles. The highest BCUT2D eigenvalue weighted by atomic mass is 16.5. The monoisotopic (exact) mass is 366 g/mol. The second kappa shape index (κ2) is 8.71. The molecule has 142 valence electrons. The fourth-order valence-corrected chi connectivity index (χ4v) is 3.14. The molecule has 3 rings (SSSR count). The van der Waals surface area contributed by atoms with Gasteiger partial charge in [-0.15, -0.1) is 0 Å². The summed E-state index contributed by atoms with van der Waals surface area (Å²) in [7, 11) is 0. The molecule has 0 saturated heterocycles. The highest BCUT2D eigenvalue weighted by molar-refractivity contribution is 6.04. The lowest BCUT2D eigenvalue weighted by Crippen LogP contribution is -2.34. The standard InChI is InChI=1S/C22H26N2O3/c1-3-4-13-27-21-9-6-18(7-10-21)22(26)23-20-8-5-17-11-12-24(16(2)25)15-19(17)14-20/h5-10,14H,3-4,11-13,15H2,1-2H3,(H,23,26). The van der Waals surface area contributed by atoms with Gasteiger partial charge in [0.25, 0.3) is 5.91 Å². The number of anilines is 1. The van der Waals surface area contributed by atoms with Gasteiger partial charge in [0, 0.05) is 31.3 Å². The van der Waals surface area contributed by atoms with Gasteiger partial charge >= 0.3 is 0 Å². The summed E-state index contributed by atoms with van der Waals surface area (Å²) in [5.74, 6) is 0.698. The van der Waals surface area contributed by atoms with Crippen molar-refractivity contribution in [1.82, 2.24) is 4.90 Å². The molecule has 5 nitrogen and oxygen atoms in total. The van der Waals surface area contributed by atoms with Crippen LogP contribution < -0.4 is 10.1 Å². The molecule has 0 saturated carbocycles. The molecule has 1 aliphatic heterocycles. The topological polar surface area (TPSA) is 58.6 Å². The van der Waals surface area contributed by atoms with Crippen molar-refractivity contribution in [3.05, 3.63) is 59.2 Å². The maximum Gasteiger partial charge on any atom is 0.255 e. The zero-order chi connectivity index (χ0) is 19.2. The van der Waals surface area contributed by atoms with Crippen molar-refractivity contribution in [2.75, 3.05) is 18.5 Å². The van der Waals surface area contributed by atoms with E-state index >= 15 is 0 Å². The number of rotatable bonds is 6. The van der Waals surface area contributed by atoms with E-state index in [4.69, 9.17) is 4.74 Å². The third-order valence-corrected chi connectivity index (χ3v) is 4.80. The highest BCUT2D eigenvalue weighted by Crippen LogP contribution is 2.23. The predicted molar refractivity (Wildman–Crippen MR) is 106 cm³/mol. The molecule has 0 atom stereocenters. The van der Waals surface area contributed by atoms with E-state index in [1.807, 2.05) is 35.2 Å². The first-order chi connectivity index (χ1) is 13.1. The van der Waals surface area contributed by atoms with Crippen molar-refractivity contribution in [2.45, 2.75) is 39.7 Å². The quantitative estimate of drug-likeness (QED) is 0.786. The van der Waals surface area contributed by atoms with Crippen LogP contribution in [0.3, 0.4) is 0 Å². The first kappa shape index (κ1) is 19.0. The van der Waals surface area contributed by atoms with Crippen LogP contribution in [0.15, 0.2) is 42.5 Å². The van der Waals surface area contributed by atoms with Crippen LogP contribution in [0.4, 0.5) is 5.69 Å². The van der Waals surface area contributed by atoms with Gasteiger partial charge in [0.1, 0.15) is 5.75 Å². The van der Waals surface area contributed by atoms with Gasteiger partial charge in [-0.25, -0.2) is 0 Å². The Morgan fingerprint density at radius 2 is 1.89 bits per heavy atom. The smallest absolute Gasteiger partial charge is 0.255 e. The molecular weight excluding hydrogens is 340 g/mol. The van der Waals surface area contributed by atoms with Crippen LogP contribution in [0.25, 0.3) is 0 Å². The number of carbonyl (C=O) groups excluding carboxylic acids is 2. The lowest BCUT2D eigenvalue weighted by atomic mass is 9.99. The number of carbonyl (C=O) groups is 2. The molecule has 1 N–H and O–H groups in total. The maximum absolute atomic E-state index is 12.5. The molecule has 0 bridgehead atoms. The first-order valence-corrected chi connectivity index (χ1v) is 9.48. The largest absolute Gasteiger partial charge is 0.494 e. The zero-order valence-corrected chi connectivity index (χ0v) is 16.0. The van der Waals surface area contributed by atoms with Crippen LogP contribution in [0.5, 0.6) is 5.75 Å². The average Bonchev–Trinajstić information content (AvgIpc) is 2.68. The van der Waals surface area contributed by atoms with Crippen molar-refractivity contribution in [1.29, 1.82) is 0 Å². The summed E-state index contributed by atoms with van der Waals surface area (Å²) in [4.78, 5) is 25.9. The lowest BCUT2D eigenvalue weighted by Gasteiger charge is -2.28. The predicted octanol–water partition coefficient (Wildman–Crippen LogP) is 4.02. The maximum atomic E-state index is 12.5. The van der Waals surface area contributed by atoms with E-state index < -0.39 is 0 Å². The molecule has 2 aromatic rings. The molecule has 0 aliphatic carbocycles. The molecular formula is C22H26N2O3. The Hall–Kier alpha value is -2.82. The Morgan fingerprint density at radius 3 is 2.59 bits per heavy atom. The van der Waals surface area contributed by atoms with Crippen LogP contribution in [-0.4, -0.2) is 29.9 Å². The van der Waals surface area contributed by atoms with Gasteiger partial charge in [-0.2, -0.15) is 0 Å². The molecule has 5 heteroatoms. The molecule has 27 heavy (non-hydrogen) atoms. The van der Waals surface area contributed by atoms with Crippen molar-refractivity contribution in [3.63, 3.8) is 0 Å². The molecule has 1 heterocycles. The number of fused-ring (bicyclic) bond motifs is 1. The Morgan fingerprint density at radius 1 is 1.11 bits per heavy atom. The van der Waals surface area contributed by atoms with E-state index in [-0.39, 0.29) is 11.8 Å². The van der Waals surface area contributed by atoms with Crippen LogP contribution >= 0.6 is 0 Å². The summed E-state index contributed by atoms with van der Waals surface area (Å²) in [6, 6.07) is 13.1. The van der Waals surface area contributed by atoms with E-state index in [0.29, 0.717) is 18.7 Å². The first-order valence-electron chi connectivity index (χ1n) is 9.48. The van der Waals surface area contributed by atoms with Gasteiger partial charge in [-0.3, -0.25) is 9.59 Å². The van der Waals surface area contributed by atoms with Gasteiger partial charge in [0.05, 0.1) is 6.61 Å². The van der Waals surface area contributed by atoms with Crippen molar-refractivity contribution < 1.29 is 14.3 Å². The summed E-state index contributed by atoms with van der Waals surface area (Å²) in [6.45, 7) is 5.74. The number of nitrogens with one attached hydrogen (secondary N) is 1. The summed E-state index contributed by atoms with van der Waals surface area (Å²) in [6.07, 6.45) is 2.95. The Balaban J connectivity index is 1.64. The molecule has 0 unspecified atom stereocenters. The molecule has 0 spiro atoms. The van der Waals surface area contributed by atoms with Crippen molar-refractivity contribution in [2.24, 2.45) is 0 Å². The summed E-state index contributed by atoms with van der Waals surface area (Å²) in [5.41, 5.74) is 3.65.